The van der Waals surface area contributed by atoms with Crippen LogP contribution in [0.3, 0.4) is 0 Å². The summed E-state index contributed by atoms with van der Waals surface area (Å²) in [6.45, 7) is 4.26. The van der Waals surface area contributed by atoms with Gasteiger partial charge in [-0.3, -0.25) is 14.5 Å². The minimum atomic E-state index is 0.0658. The van der Waals surface area contributed by atoms with Gasteiger partial charge in [0.1, 0.15) is 5.82 Å². The second-order valence-corrected chi connectivity index (χ2v) is 9.75. The van der Waals surface area contributed by atoms with Crippen LogP contribution >= 0.6 is 0 Å². The third-order valence-electron chi connectivity index (χ3n) is 7.27. The largest absolute Gasteiger partial charge is 0.355 e. The quantitative estimate of drug-likeness (QED) is 0.466. The molecule has 2 aliphatic rings. The van der Waals surface area contributed by atoms with Crippen LogP contribution in [0.5, 0.6) is 0 Å². The molecule has 0 bridgehead atoms. The van der Waals surface area contributed by atoms with Crippen LogP contribution in [0.1, 0.15) is 28.9 Å². The molecule has 4 aromatic rings. The lowest BCUT2D eigenvalue weighted by atomic mass is 9.72. The van der Waals surface area contributed by atoms with Crippen molar-refractivity contribution in [1.82, 2.24) is 25.1 Å². The molecule has 0 aliphatic carbocycles. The van der Waals surface area contributed by atoms with Crippen LogP contribution in [0.2, 0.25) is 0 Å². The first kappa shape index (κ1) is 21.0. The van der Waals surface area contributed by atoms with Gasteiger partial charge in [-0.1, -0.05) is 12.1 Å². The van der Waals surface area contributed by atoms with Crippen molar-refractivity contribution in [3.8, 4) is 11.1 Å². The maximum absolute atomic E-state index is 13.1. The van der Waals surface area contributed by atoms with E-state index < -0.39 is 0 Å². The number of aryl methyl sites for hydroxylation is 1. The van der Waals surface area contributed by atoms with Crippen molar-refractivity contribution in [3.63, 3.8) is 0 Å². The minimum absolute atomic E-state index is 0.0658. The fourth-order valence-corrected chi connectivity index (χ4v) is 5.26. The van der Waals surface area contributed by atoms with E-state index in [2.05, 4.69) is 43.5 Å². The van der Waals surface area contributed by atoms with E-state index in [0.29, 0.717) is 11.0 Å². The standard InChI is InChI=1S/C27H28N6O/c1-32-16-23(15-31-32)19-2-3-21-14-30-24(11-22(21)10-19)13-25(34)20-4-7-29-26(12-20)33-17-27(18-33)5-8-28-9-6-27/h2-4,7,10-12,14-16,28H,5-6,8-9,13,17-18H2,1H3. The van der Waals surface area contributed by atoms with Gasteiger partial charge in [0.2, 0.25) is 0 Å². The third kappa shape index (κ3) is 3.96. The zero-order valence-electron chi connectivity index (χ0n) is 19.4. The van der Waals surface area contributed by atoms with E-state index in [1.165, 1.54) is 12.8 Å². The van der Waals surface area contributed by atoms with Gasteiger partial charge in [-0.2, -0.15) is 5.10 Å². The fraction of sp³-hybridized carbons (Fsp3) is 0.333. The number of benzene rings is 1. The highest BCUT2D eigenvalue weighted by Crippen LogP contribution is 2.40. The molecule has 0 saturated carbocycles. The van der Waals surface area contributed by atoms with Crippen molar-refractivity contribution in [1.29, 1.82) is 0 Å². The molecule has 5 heterocycles. The molecule has 6 rings (SSSR count). The Morgan fingerprint density at radius 1 is 1.00 bits per heavy atom. The summed E-state index contributed by atoms with van der Waals surface area (Å²) >= 11 is 0. The summed E-state index contributed by atoms with van der Waals surface area (Å²) in [5.74, 6) is 0.971. The fourth-order valence-electron chi connectivity index (χ4n) is 5.26. The summed E-state index contributed by atoms with van der Waals surface area (Å²) in [5, 5.41) is 9.84. The van der Waals surface area contributed by atoms with Gasteiger partial charge in [-0.05, 0) is 61.1 Å². The number of ketones is 1. The van der Waals surface area contributed by atoms with Gasteiger partial charge in [-0.15, -0.1) is 0 Å². The van der Waals surface area contributed by atoms with Crippen molar-refractivity contribution >= 4 is 22.4 Å². The molecule has 1 N–H and O–H groups in total. The molecule has 0 amide bonds. The average molecular weight is 453 g/mol. The molecule has 0 radical (unpaired) electrons. The van der Waals surface area contributed by atoms with Gasteiger partial charge in [0, 0.05) is 66.3 Å². The maximum atomic E-state index is 13.1. The topological polar surface area (TPSA) is 75.9 Å². The normalized spacial score (nSPS) is 17.1. The zero-order chi connectivity index (χ0) is 23.1. The lowest BCUT2D eigenvalue weighted by Crippen LogP contribution is -2.60. The van der Waals surface area contributed by atoms with E-state index in [1.54, 1.807) is 10.9 Å². The number of nitrogens with zero attached hydrogens (tertiary/aromatic N) is 5. The van der Waals surface area contributed by atoms with E-state index in [9.17, 15) is 4.79 Å². The SMILES string of the molecule is Cn1cc(-c2ccc3cnc(CC(=O)c4ccnc(N5CC6(CCNCC6)C5)c4)cc3c2)cn1. The molecule has 2 aliphatic heterocycles. The Kier molecular flexibility index (Phi) is 5.14. The summed E-state index contributed by atoms with van der Waals surface area (Å²) in [6, 6.07) is 12.0. The van der Waals surface area contributed by atoms with Crippen molar-refractivity contribution in [2.75, 3.05) is 31.1 Å². The van der Waals surface area contributed by atoms with Crippen LogP contribution in [0, 0.1) is 5.41 Å². The highest BCUT2D eigenvalue weighted by molar-refractivity contribution is 5.98. The van der Waals surface area contributed by atoms with Crippen LogP contribution in [-0.2, 0) is 13.5 Å². The Hall–Kier alpha value is -3.58. The summed E-state index contributed by atoms with van der Waals surface area (Å²) in [4.78, 5) is 24.5. The van der Waals surface area contributed by atoms with Crippen LogP contribution < -0.4 is 10.2 Å². The number of carbonyl (C=O) groups is 1. The van der Waals surface area contributed by atoms with Crippen LogP contribution in [-0.4, -0.2) is 51.7 Å². The number of hydrogen-bond acceptors (Lipinski definition) is 6. The number of piperidine rings is 1. The number of pyridine rings is 2. The predicted octanol–water partition coefficient (Wildman–Crippen LogP) is 3.65. The number of aromatic nitrogens is 4. The lowest BCUT2D eigenvalue weighted by molar-refractivity contribution is 0.0992. The molecule has 7 nitrogen and oxygen atoms in total. The van der Waals surface area contributed by atoms with Gasteiger partial charge in [0.25, 0.3) is 0 Å². The number of rotatable bonds is 5. The Bertz CT molecular complexity index is 1360. The average Bonchev–Trinajstić information content (AvgIpc) is 3.29. The van der Waals surface area contributed by atoms with Crippen molar-refractivity contribution in [2.45, 2.75) is 19.3 Å². The molecule has 1 aromatic carbocycles. The first-order valence-corrected chi connectivity index (χ1v) is 11.9. The molecule has 34 heavy (non-hydrogen) atoms. The van der Waals surface area contributed by atoms with Gasteiger partial charge >= 0.3 is 0 Å². The molecule has 2 saturated heterocycles. The highest BCUT2D eigenvalue weighted by atomic mass is 16.1. The van der Waals surface area contributed by atoms with Gasteiger partial charge in [-0.25, -0.2) is 4.98 Å². The van der Waals surface area contributed by atoms with Crippen molar-refractivity contribution < 1.29 is 4.79 Å². The maximum Gasteiger partial charge on any atom is 0.169 e. The van der Waals surface area contributed by atoms with Crippen LogP contribution in [0.15, 0.2) is 61.2 Å². The minimum Gasteiger partial charge on any atom is -0.355 e. The third-order valence-corrected chi connectivity index (χ3v) is 7.27. The first-order valence-electron chi connectivity index (χ1n) is 11.9. The van der Waals surface area contributed by atoms with Gasteiger partial charge in [0.15, 0.2) is 5.78 Å². The highest BCUT2D eigenvalue weighted by Gasteiger charge is 2.43. The Balaban J connectivity index is 1.18. The Labute approximate surface area is 198 Å². The number of Topliss-reactive ketones (excluding diaryl/α,β-unsaturated/α-hetero) is 1. The summed E-state index contributed by atoms with van der Waals surface area (Å²) in [7, 11) is 1.91. The summed E-state index contributed by atoms with van der Waals surface area (Å²) in [6.07, 6.45) is 10.2. The van der Waals surface area contributed by atoms with Gasteiger partial charge < -0.3 is 10.2 Å². The zero-order valence-corrected chi connectivity index (χ0v) is 19.4. The molecule has 2 fully saturated rings. The summed E-state index contributed by atoms with van der Waals surface area (Å²) in [5.41, 5.74) is 4.07. The molecule has 3 aromatic heterocycles. The number of carbonyl (C=O) groups excluding carboxylic acids is 1. The van der Waals surface area contributed by atoms with E-state index in [1.807, 2.05) is 43.8 Å². The Morgan fingerprint density at radius 3 is 2.65 bits per heavy atom. The van der Waals surface area contributed by atoms with E-state index in [-0.39, 0.29) is 12.2 Å². The first-order chi connectivity index (χ1) is 16.6. The predicted molar refractivity (Wildman–Crippen MR) is 133 cm³/mol. The number of fused-ring (bicyclic) bond motifs is 1. The lowest BCUT2D eigenvalue weighted by Gasteiger charge is -2.53. The number of anilines is 1. The number of nitrogens with one attached hydrogen (secondary N) is 1. The molecular formula is C27H28N6O. The van der Waals surface area contributed by atoms with Gasteiger partial charge in [0.05, 0.1) is 12.6 Å². The second kappa shape index (κ2) is 8.33. The molecule has 0 unspecified atom stereocenters. The van der Waals surface area contributed by atoms with E-state index in [4.69, 9.17) is 0 Å². The van der Waals surface area contributed by atoms with Crippen molar-refractivity contribution in [2.24, 2.45) is 12.5 Å². The van der Waals surface area contributed by atoms with Crippen LogP contribution in [0.25, 0.3) is 21.9 Å². The molecule has 172 valence electrons. The molecule has 0 atom stereocenters. The molecule has 7 heteroatoms. The smallest absolute Gasteiger partial charge is 0.169 e. The second-order valence-electron chi connectivity index (χ2n) is 9.75. The van der Waals surface area contributed by atoms with E-state index >= 15 is 0 Å². The Morgan fingerprint density at radius 2 is 1.85 bits per heavy atom. The van der Waals surface area contributed by atoms with Crippen molar-refractivity contribution in [3.05, 3.63) is 72.4 Å². The van der Waals surface area contributed by atoms with E-state index in [0.717, 1.165) is 59.6 Å². The molecular weight excluding hydrogens is 424 g/mol. The number of hydrogen-bond donors (Lipinski definition) is 1. The molecule has 1 spiro atoms. The summed E-state index contributed by atoms with van der Waals surface area (Å²) < 4.78 is 1.80. The monoisotopic (exact) mass is 452 g/mol. The van der Waals surface area contributed by atoms with Crippen LogP contribution in [0.4, 0.5) is 5.82 Å².